The Balaban J connectivity index is 2.31. The first-order chi connectivity index (χ1) is 7.26. The predicted molar refractivity (Wildman–Crippen MR) is 67.3 cm³/mol. The summed E-state index contributed by atoms with van der Waals surface area (Å²) < 4.78 is 11.3. The highest BCUT2D eigenvalue weighted by molar-refractivity contribution is 9.10. The van der Waals surface area contributed by atoms with E-state index in [1.165, 1.54) is 4.90 Å². The highest BCUT2D eigenvalue weighted by Gasteiger charge is 2.04. The molecule has 0 heterocycles. The Morgan fingerprint density at radius 3 is 2.67 bits per heavy atom. The van der Waals surface area contributed by atoms with E-state index in [2.05, 4.69) is 28.1 Å². The van der Waals surface area contributed by atoms with Gasteiger partial charge < -0.3 is 9.47 Å². The van der Waals surface area contributed by atoms with Gasteiger partial charge in [0.2, 0.25) is 0 Å². The van der Waals surface area contributed by atoms with Gasteiger partial charge in [0.25, 0.3) is 0 Å². The van der Waals surface area contributed by atoms with Gasteiger partial charge in [-0.3, -0.25) is 0 Å². The fourth-order valence-electron chi connectivity index (χ4n) is 1.16. The summed E-state index contributed by atoms with van der Waals surface area (Å²) in [5.41, 5.74) is 0. The molecular weight excluding hydrogens is 276 g/mol. The van der Waals surface area contributed by atoms with Crippen LogP contribution in [0.15, 0.2) is 33.6 Å². The van der Waals surface area contributed by atoms with Crippen LogP contribution in [0.5, 0.6) is 0 Å². The van der Waals surface area contributed by atoms with Gasteiger partial charge in [0.1, 0.15) is 0 Å². The van der Waals surface area contributed by atoms with Crippen LogP contribution >= 0.6 is 27.7 Å². The predicted octanol–water partition coefficient (Wildman–Crippen LogP) is 3.55. The standard InChI is InChI=1S/C11H15BrO2S/c1-13-11(14-2)6-7-15-10-5-3-4-9(12)8-10/h3-5,8,11H,6-7H2,1-2H3. The second kappa shape index (κ2) is 7.28. The lowest BCUT2D eigenvalue weighted by molar-refractivity contribution is -0.102. The van der Waals surface area contributed by atoms with Gasteiger partial charge in [-0.1, -0.05) is 22.0 Å². The molecule has 0 unspecified atom stereocenters. The molecule has 0 spiro atoms. The summed E-state index contributed by atoms with van der Waals surface area (Å²) in [6, 6.07) is 8.27. The Hall–Kier alpha value is -0.0300. The van der Waals surface area contributed by atoms with Crippen molar-refractivity contribution >= 4 is 27.7 Å². The molecule has 0 aromatic heterocycles. The molecule has 0 aliphatic rings. The Morgan fingerprint density at radius 1 is 1.33 bits per heavy atom. The largest absolute Gasteiger partial charge is 0.356 e. The number of ether oxygens (including phenoxy) is 2. The Bertz CT molecular complexity index is 290. The van der Waals surface area contributed by atoms with Crippen molar-refractivity contribution in [1.29, 1.82) is 0 Å². The van der Waals surface area contributed by atoms with Crippen LogP contribution < -0.4 is 0 Å². The molecule has 0 N–H and O–H groups in total. The first kappa shape index (κ1) is 13.0. The molecule has 4 heteroatoms. The van der Waals surface area contributed by atoms with E-state index in [0.29, 0.717) is 0 Å². The van der Waals surface area contributed by atoms with Gasteiger partial charge in [0, 0.05) is 35.8 Å². The van der Waals surface area contributed by atoms with Gasteiger partial charge >= 0.3 is 0 Å². The third-order valence-electron chi connectivity index (χ3n) is 1.94. The second-order valence-corrected chi connectivity index (χ2v) is 5.08. The molecule has 2 nitrogen and oxygen atoms in total. The van der Waals surface area contributed by atoms with E-state index < -0.39 is 0 Å². The molecule has 0 saturated carbocycles. The number of benzene rings is 1. The second-order valence-electron chi connectivity index (χ2n) is 3.00. The molecule has 0 amide bonds. The maximum absolute atomic E-state index is 5.12. The molecule has 0 aliphatic heterocycles. The third-order valence-corrected chi connectivity index (χ3v) is 3.46. The summed E-state index contributed by atoms with van der Waals surface area (Å²) in [5, 5.41) is 0. The first-order valence-corrected chi connectivity index (χ1v) is 6.48. The van der Waals surface area contributed by atoms with Crippen molar-refractivity contribution in [2.45, 2.75) is 17.6 Å². The van der Waals surface area contributed by atoms with Crippen molar-refractivity contribution in [3.8, 4) is 0 Å². The minimum atomic E-state index is -0.0929. The Labute approximate surface area is 103 Å². The maximum Gasteiger partial charge on any atom is 0.157 e. The van der Waals surface area contributed by atoms with Gasteiger partial charge in [-0.25, -0.2) is 0 Å². The van der Waals surface area contributed by atoms with Gasteiger partial charge in [-0.2, -0.15) is 0 Å². The van der Waals surface area contributed by atoms with E-state index >= 15 is 0 Å². The summed E-state index contributed by atoms with van der Waals surface area (Å²) in [6.07, 6.45) is 0.800. The lowest BCUT2D eigenvalue weighted by atomic mass is 10.4. The normalized spacial score (nSPS) is 10.9. The fraction of sp³-hybridized carbons (Fsp3) is 0.455. The molecule has 84 valence electrons. The van der Waals surface area contributed by atoms with Gasteiger partial charge in [-0.05, 0) is 18.2 Å². The molecule has 0 saturated heterocycles. The third kappa shape index (κ3) is 5.02. The number of halogens is 1. The topological polar surface area (TPSA) is 18.5 Å². The van der Waals surface area contributed by atoms with E-state index in [0.717, 1.165) is 16.6 Å². The highest BCUT2D eigenvalue weighted by atomic mass is 79.9. The molecule has 0 fully saturated rings. The zero-order chi connectivity index (χ0) is 11.1. The average Bonchev–Trinajstić information content (AvgIpc) is 2.25. The van der Waals surface area contributed by atoms with E-state index in [9.17, 15) is 0 Å². The number of rotatable bonds is 6. The van der Waals surface area contributed by atoms with Crippen LogP contribution in [0.25, 0.3) is 0 Å². The van der Waals surface area contributed by atoms with Crippen molar-refractivity contribution < 1.29 is 9.47 Å². The zero-order valence-corrected chi connectivity index (χ0v) is 11.3. The molecule has 0 bridgehead atoms. The van der Waals surface area contributed by atoms with Crippen molar-refractivity contribution in [3.63, 3.8) is 0 Å². The summed E-state index contributed by atoms with van der Waals surface area (Å²) >= 11 is 5.25. The van der Waals surface area contributed by atoms with E-state index in [1.54, 1.807) is 26.0 Å². The van der Waals surface area contributed by atoms with E-state index in [4.69, 9.17) is 9.47 Å². The van der Waals surface area contributed by atoms with Crippen LogP contribution in [0, 0.1) is 0 Å². The van der Waals surface area contributed by atoms with Crippen LogP contribution in [0.3, 0.4) is 0 Å². The lowest BCUT2D eigenvalue weighted by Gasteiger charge is -2.12. The van der Waals surface area contributed by atoms with Crippen LogP contribution in [-0.2, 0) is 9.47 Å². The molecule has 1 aromatic rings. The van der Waals surface area contributed by atoms with E-state index in [-0.39, 0.29) is 6.29 Å². The maximum atomic E-state index is 5.12. The van der Waals surface area contributed by atoms with Crippen LogP contribution in [0.1, 0.15) is 6.42 Å². The SMILES string of the molecule is COC(CCSc1cccc(Br)c1)OC. The summed E-state index contributed by atoms with van der Waals surface area (Å²) in [7, 11) is 3.33. The number of hydrogen-bond donors (Lipinski definition) is 0. The summed E-state index contributed by atoms with van der Waals surface area (Å²) in [6.45, 7) is 0. The molecule has 0 aliphatic carbocycles. The van der Waals surface area contributed by atoms with Crippen molar-refractivity contribution in [2.75, 3.05) is 20.0 Å². The molecular formula is C11H15BrO2S. The summed E-state index contributed by atoms with van der Waals surface area (Å²) in [4.78, 5) is 1.26. The zero-order valence-electron chi connectivity index (χ0n) is 8.90. The van der Waals surface area contributed by atoms with Gasteiger partial charge in [-0.15, -0.1) is 11.8 Å². The number of thioether (sulfide) groups is 1. The van der Waals surface area contributed by atoms with E-state index in [1.807, 2.05) is 12.1 Å². The van der Waals surface area contributed by atoms with Crippen LogP contribution in [-0.4, -0.2) is 26.3 Å². The smallest absolute Gasteiger partial charge is 0.157 e. The van der Waals surface area contributed by atoms with Gasteiger partial charge in [0.15, 0.2) is 6.29 Å². The average molecular weight is 291 g/mol. The van der Waals surface area contributed by atoms with Crippen LogP contribution in [0.2, 0.25) is 0 Å². The fourth-order valence-corrected chi connectivity index (χ4v) is 2.64. The summed E-state index contributed by atoms with van der Waals surface area (Å²) in [5.74, 6) is 0.989. The van der Waals surface area contributed by atoms with Crippen molar-refractivity contribution in [1.82, 2.24) is 0 Å². The minimum absolute atomic E-state index is 0.0929. The monoisotopic (exact) mass is 290 g/mol. The highest BCUT2D eigenvalue weighted by Crippen LogP contribution is 2.23. The number of hydrogen-bond acceptors (Lipinski definition) is 3. The molecule has 0 radical (unpaired) electrons. The number of methoxy groups -OCH3 is 2. The van der Waals surface area contributed by atoms with Crippen LogP contribution in [0.4, 0.5) is 0 Å². The molecule has 15 heavy (non-hydrogen) atoms. The van der Waals surface area contributed by atoms with Crippen molar-refractivity contribution in [2.24, 2.45) is 0 Å². The van der Waals surface area contributed by atoms with Gasteiger partial charge in [0.05, 0.1) is 0 Å². The molecule has 0 atom stereocenters. The molecule has 1 rings (SSSR count). The minimum Gasteiger partial charge on any atom is -0.356 e. The molecule has 1 aromatic carbocycles. The quantitative estimate of drug-likeness (QED) is 0.590. The Morgan fingerprint density at radius 2 is 2.07 bits per heavy atom. The first-order valence-electron chi connectivity index (χ1n) is 4.70. The lowest BCUT2D eigenvalue weighted by Crippen LogP contribution is -2.13. The van der Waals surface area contributed by atoms with Crippen molar-refractivity contribution in [3.05, 3.63) is 28.7 Å². The Kier molecular flexibility index (Phi) is 6.32.